The second kappa shape index (κ2) is 10.3. The lowest BCUT2D eigenvalue weighted by Gasteiger charge is -2.24. The molecule has 0 atom stereocenters. The summed E-state index contributed by atoms with van der Waals surface area (Å²) in [5, 5.41) is 8.07. The van der Waals surface area contributed by atoms with Gasteiger partial charge in [-0.1, -0.05) is 15.9 Å². The number of hydrogen-bond donors (Lipinski definition) is 1. The molecule has 8 heteroatoms. The van der Waals surface area contributed by atoms with E-state index in [1.54, 1.807) is 24.1 Å². The van der Waals surface area contributed by atoms with Gasteiger partial charge in [0.2, 0.25) is 0 Å². The van der Waals surface area contributed by atoms with E-state index in [0.717, 1.165) is 34.6 Å². The Labute approximate surface area is 196 Å². The van der Waals surface area contributed by atoms with E-state index in [4.69, 9.17) is 9.47 Å². The van der Waals surface area contributed by atoms with Crippen LogP contribution in [0.15, 0.2) is 40.9 Å². The van der Waals surface area contributed by atoms with Crippen LogP contribution in [-0.4, -0.2) is 47.0 Å². The average molecular weight is 506 g/mol. The Kier molecular flexibility index (Phi) is 7.77. The van der Waals surface area contributed by atoms with Gasteiger partial charge in [0.15, 0.2) is 0 Å². The Morgan fingerprint density at radius 1 is 1.16 bits per heavy atom. The molecule has 0 spiro atoms. The third-order valence-electron chi connectivity index (χ3n) is 4.83. The Hall–Kier alpha value is -2.61. The number of nitrogens with zero attached hydrogens (tertiary/aromatic N) is 2. The van der Waals surface area contributed by atoms with Crippen molar-refractivity contribution >= 4 is 32.9 Å². The monoisotopic (exact) mass is 505 g/mol. The number of aromatic amines is 1. The summed E-state index contributed by atoms with van der Waals surface area (Å²) in [6.07, 6.45) is 2.23. The standard InChI is InChI=1S/C24H29BrFN3O3/c1-24(2,3)32-23(30)29(4)12-6-5-7-13-31-17-9-11-18(20(26)15-17)22-19-10-8-16(25)14-21(19)27-28-22/h8-11,14-15H,5-7,12-13H2,1-4H3,(H,27,28). The topological polar surface area (TPSA) is 67.5 Å². The minimum absolute atomic E-state index is 0.318. The lowest BCUT2D eigenvalue weighted by Crippen LogP contribution is -2.34. The van der Waals surface area contributed by atoms with Crippen molar-refractivity contribution in [1.29, 1.82) is 0 Å². The SMILES string of the molecule is CN(CCCCCOc1ccc(-c2n[nH]c3cc(Br)ccc23)c(F)c1)C(=O)OC(C)(C)C. The number of nitrogens with one attached hydrogen (secondary N) is 1. The third-order valence-corrected chi connectivity index (χ3v) is 5.33. The lowest BCUT2D eigenvalue weighted by molar-refractivity contribution is 0.0296. The summed E-state index contributed by atoms with van der Waals surface area (Å²) in [6, 6.07) is 10.6. The molecular formula is C24H29BrFN3O3. The Bertz CT molecular complexity index is 1080. The van der Waals surface area contributed by atoms with Gasteiger partial charge in [0.05, 0.1) is 12.1 Å². The molecule has 1 aromatic heterocycles. The van der Waals surface area contributed by atoms with Crippen molar-refractivity contribution in [2.75, 3.05) is 20.2 Å². The predicted molar refractivity (Wildman–Crippen MR) is 127 cm³/mol. The van der Waals surface area contributed by atoms with Crippen LogP contribution < -0.4 is 4.74 Å². The predicted octanol–water partition coefficient (Wildman–Crippen LogP) is 6.55. The zero-order valence-corrected chi connectivity index (χ0v) is 20.5. The summed E-state index contributed by atoms with van der Waals surface area (Å²) in [6.45, 7) is 6.64. The first-order chi connectivity index (χ1) is 15.1. The molecule has 0 unspecified atom stereocenters. The summed E-state index contributed by atoms with van der Waals surface area (Å²) < 4.78 is 26.7. The van der Waals surface area contributed by atoms with Gasteiger partial charge in [-0.15, -0.1) is 0 Å². The largest absolute Gasteiger partial charge is 0.493 e. The number of aromatic nitrogens is 2. The van der Waals surface area contributed by atoms with Gasteiger partial charge < -0.3 is 14.4 Å². The van der Waals surface area contributed by atoms with Crippen molar-refractivity contribution in [3.63, 3.8) is 0 Å². The van der Waals surface area contributed by atoms with E-state index >= 15 is 0 Å². The van der Waals surface area contributed by atoms with Gasteiger partial charge >= 0.3 is 6.09 Å². The molecule has 0 aliphatic heterocycles. The first-order valence-electron chi connectivity index (χ1n) is 10.6. The van der Waals surface area contributed by atoms with Crippen LogP contribution in [0.4, 0.5) is 9.18 Å². The molecule has 172 valence electrons. The van der Waals surface area contributed by atoms with Crippen LogP contribution in [0.2, 0.25) is 0 Å². The summed E-state index contributed by atoms with van der Waals surface area (Å²) in [4.78, 5) is 13.5. The number of ether oxygens (including phenoxy) is 2. The molecule has 0 saturated carbocycles. The van der Waals surface area contributed by atoms with E-state index in [1.807, 2.05) is 39.0 Å². The Balaban J connectivity index is 1.46. The van der Waals surface area contributed by atoms with Crippen molar-refractivity contribution in [3.8, 4) is 17.0 Å². The second-order valence-corrected chi connectivity index (χ2v) is 9.63. The number of carbonyl (C=O) groups is 1. The van der Waals surface area contributed by atoms with E-state index in [1.165, 1.54) is 6.07 Å². The van der Waals surface area contributed by atoms with Gasteiger partial charge in [-0.2, -0.15) is 5.10 Å². The molecule has 0 aliphatic rings. The molecule has 1 heterocycles. The number of carbonyl (C=O) groups excluding carboxylic acids is 1. The molecule has 1 N–H and O–H groups in total. The van der Waals surface area contributed by atoms with Crippen LogP contribution in [0.3, 0.4) is 0 Å². The zero-order valence-electron chi connectivity index (χ0n) is 18.9. The lowest BCUT2D eigenvalue weighted by atomic mass is 10.1. The maximum atomic E-state index is 14.7. The molecule has 0 fully saturated rings. The van der Waals surface area contributed by atoms with Crippen molar-refractivity contribution in [2.45, 2.75) is 45.6 Å². The fourth-order valence-electron chi connectivity index (χ4n) is 3.22. The van der Waals surface area contributed by atoms with Crippen LogP contribution in [0.25, 0.3) is 22.2 Å². The number of H-pyrrole nitrogens is 1. The highest BCUT2D eigenvalue weighted by Crippen LogP contribution is 2.31. The molecule has 3 rings (SSSR count). The van der Waals surface area contributed by atoms with Gasteiger partial charge in [0.1, 0.15) is 22.9 Å². The van der Waals surface area contributed by atoms with Crippen LogP contribution >= 0.6 is 15.9 Å². The highest BCUT2D eigenvalue weighted by atomic mass is 79.9. The van der Waals surface area contributed by atoms with Gasteiger partial charge in [-0.3, -0.25) is 5.10 Å². The molecule has 2 aromatic carbocycles. The Morgan fingerprint density at radius 2 is 1.94 bits per heavy atom. The van der Waals surface area contributed by atoms with Crippen LogP contribution in [0, 0.1) is 5.82 Å². The van der Waals surface area contributed by atoms with Crippen molar-refractivity contribution in [2.24, 2.45) is 0 Å². The fourth-order valence-corrected chi connectivity index (χ4v) is 3.58. The third kappa shape index (κ3) is 6.45. The van der Waals surface area contributed by atoms with Gasteiger partial charge in [0.25, 0.3) is 0 Å². The second-order valence-electron chi connectivity index (χ2n) is 8.71. The molecule has 0 radical (unpaired) electrons. The number of hydrogen-bond acceptors (Lipinski definition) is 4. The van der Waals surface area contributed by atoms with E-state index in [2.05, 4.69) is 26.1 Å². The van der Waals surface area contributed by atoms with Crippen molar-refractivity contribution in [3.05, 3.63) is 46.7 Å². The quantitative estimate of drug-likeness (QED) is 0.352. The van der Waals surface area contributed by atoms with Gasteiger partial charge in [-0.05, 0) is 70.4 Å². The van der Waals surface area contributed by atoms with Crippen LogP contribution in [0.5, 0.6) is 5.75 Å². The first-order valence-corrected chi connectivity index (χ1v) is 11.4. The summed E-state index contributed by atoms with van der Waals surface area (Å²) in [5.41, 5.74) is 1.35. The highest BCUT2D eigenvalue weighted by molar-refractivity contribution is 9.10. The van der Waals surface area contributed by atoms with Gasteiger partial charge in [0, 0.05) is 35.1 Å². The van der Waals surface area contributed by atoms with Crippen LogP contribution in [-0.2, 0) is 4.74 Å². The number of rotatable bonds is 8. The van der Waals surface area contributed by atoms with Crippen molar-refractivity contribution in [1.82, 2.24) is 15.1 Å². The maximum absolute atomic E-state index is 14.7. The maximum Gasteiger partial charge on any atom is 0.410 e. The normalized spacial score (nSPS) is 11.6. The number of fused-ring (bicyclic) bond motifs is 1. The minimum Gasteiger partial charge on any atom is -0.493 e. The number of amides is 1. The number of benzene rings is 2. The summed E-state index contributed by atoms with van der Waals surface area (Å²) in [5.74, 6) is 0.109. The van der Waals surface area contributed by atoms with Crippen LogP contribution in [0.1, 0.15) is 40.0 Å². The highest BCUT2D eigenvalue weighted by Gasteiger charge is 2.19. The van der Waals surface area contributed by atoms with E-state index < -0.39 is 5.60 Å². The molecule has 0 saturated heterocycles. The van der Waals surface area contributed by atoms with Crippen molar-refractivity contribution < 1.29 is 18.7 Å². The van der Waals surface area contributed by atoms with E-state index in [0.29, 0.717) is 30.2 Å². The number of halogens is 2. The summed E-state index contributed by atoms with van der Waals surface area (Å²) in [7, 11) is 1.73. The van der Waals surface area contributed by atoms with E-state index in [-0.39, 0.29) is 11.9 Å². The molecule has 6 nitrogen and oxygen atoms in total. The molecule has 1 amide bonds. The van der Waals surface area contributed by atoms with Gasteiger partial charge in [-0.25, -0.2) is 9.18 Å². The first kappa shape index (κ1) is 24.0. The summed E-state index contributed by atoms with van der Waals surface area (Å²) >= 11 is 3.42. The molecule has 3 aromatic rings. The zero-order chi connectivity index (χ0) is 23.3. The smallest absolute Gasteiger partial charge is 0.410 e. The Morgan fingerprint density at radius 3 is 2.66 bits per heavy atom. The molecular weight excluding hydrogens is 477 g/mol. The average Bonchev–Trinajstić information content (AvgIpc) is 3.12. The molecule has 0 aliphatic carbocycles. The van der Waals surface area contributed by atoms with E-state index in [9.17, 15) is 9.18 Å². The fraction of sp³-hybridized carbons (Fsp3) is 0.417. The number of unbranched alkanes of at least 4 members (excludes halogenated alkanes) is 2. The molecule has 0 bridgehead atoms. The molecule has 32 heavy (non-hydrogen) atoms. The minimum atomic E-state index is -0.495.